The second-order valence-corrected chi connectivity index (χ2v) is 4.57. The zero-order chi connectivity index (χ0) is 15.4. The Kier molecular flexibility index (Phi) is 4.33. The number of hydrogen-bond donors (Lipinski definition) is 2. The number of hydrogen-bond acceptors (Lipinski definition) is 5. The number of methoxy groups -OCH3 is 2. The Balaban J connectivity index is 2.39. The maximum Gasteiger partial charge on any atom is 0.340 e. The van der Waals surface area contributed by atoms with E-state index in [1.165, 1.54) is 7.11 Å². The Morgan fingerprint density at radius 2 is 1.95 bits per heavy atom. The Bertz CT molecular complexity index is 669. The third-order valence-corrected chi connectivity index (χ3v) is 3.17. The molecule has 5 heteroatoms. The zero-order valence-corrected chi connectivity index (χ0v) is 12.3. The van der Waals surface area contributed by atoms with Crippen LogP contribution >= 0.6 is 0 Å². The summed E-state index contributed by atoms with van der Waals surface area (Å²) in [5.74, 6) is 0.366. The number of aryl methyl sites for hydroxylation is 1. The van der Waals surface area contributed by atoms with Gasteiger partial charge >= 0.3 is 5.97 Å². The average Bonchev–Trinajstić information content (AvgIpc) is 2.48. The SMILES string of the molecule is COC(=O)c1cccc(N)c1Nc1ccc(OC)c(C)c1. The summed E-state index contributed by atoms with van der Waals surface area (Å²) in [7, 11) is 2.97. The van der Waals surface area contributed by atoms with E-state index in [0.717, 1.165) is 17.0 Å². The van der Waals surface area contributed by atoms with Crippen LogP contribution in [0.3, 0.4) is 0 Å². The Morgan fingerprint density at radius 1 is 1.19 bits per heavy atom. The lowest BCUT2D eigenvalue weighted by Gasteiger charge is -2.14. The van der Waals surface area contributed by atoms with Crippen molar-refractivity contribution in [1.29, 1.82) is 0 Å². The molecule has 0 saturated carbocycles. The highest BCUT2D eigenvalue weighted by molar-refractivity contribution is 5.99. The maximum atomic E-state index is 11.8. The first-order valence-electron chi connectivity index (χ1n) is 6.45. The lowest BCUT2D eigenvalue weighted by molar-refractivity contribution is 0.0602. The largest absolute Gasteiger partial charge is 0.496 e. The van der Waals surface area contributed by atoms with Gasteiger partial charge in [-0.25, -0.2) is 4.79 Å². The van der Waals surface area contributed by atoms with Gasteiger partial charge in [0.1, 0.15) is 5.75 Å². The Hall–Kier alpha value is -2.69. The van der Waals surface area contributed by atoms with E-state index in [2.05, 4.69) is 5.32 Å². The van der Waals surface area contributed by atoms with E-state index >= 15 is 0 Å². The van der Waals surface area contributed by atoms with E-state index in [0.29, 0.717) is 16.9 Å². The van der Waals surface area contributed by atoms with Crippen molar-refractivity contribution in [3.05, 3.63) is 47.5 Å². The maximum absolute atomic E-state index is 11.8. The van der Waals surface area contributed by atoms with Crippen molar-refractivity contribution in [3.63, 3.8) is 0 Å². The minimum atomic E-state index is -0.435. The highest BCUT2D eigenvalue weighted by Crippen LogP contribution is 2.30. The van der Waals surface area contributed by atoms with E-state index in [9.17, 15) is 4.79 Å². The molecule has 2 rings (SSSR count). The van der Waals surface area contributed by atoms with Gasteiger partial charge in [-0.1, -0.05) is 6.07 Å². The summed E-state index contributed by atoms with van der Waals surface area (Å²) in [4.78, 5) is 11.8. The number of nitrogens with two attached hydrogens (primary N) is 1. The molecule has 0 aliphatic carbocycles. The fourth-order valence-corrected chi connectivity index (χ4v) is 2.09. The number of nitrogen functional groups attached to an aromatic ring is 1. The second kappa shape index (κ2) is 6.17. The number of benzene rings is 2. The first kappa shape index (κ1) is 14.7. The molecule has 0 fully saturated rings. The molecule has 2 aromatic carbocycles. The van der Waals surface area contributed by atoms with Crippen LogP contribution in [0.1, 0.15) is 15.9 Å². The van der Waals surface area contributed by atoms with Gasteiger partial charge in [-0.05, 0) is 42.8 Å². The van der Waals surface area contributed by atoms with Crippen molar-refractivity contribution in [2.75, 3.05) is 25.3 Å². The van der Waals surface area contributed by atoms with Gasteiger partial charge in [0, 0.05) is 5.69 Å². The molecule has 110 valence electrons. The van der Waals surface area contributed by atoms with Crippen molar-refractivity contribution in [3.8, 4) is 5.75 Å². The van der Waals surface area contributed by atoms with Gasteiger partial charge in [0.05, 0.1) is 31.2 Å². The van der Waals surface area contributed by atoms with Gasteiger partial charge in [-0.2, -0.15) is 0 Å². The number of rotatable bonds is 4. The third kappa shape index (κ3) is 3.08. The van der Waals surface area contributed by atoms with Crippen LogP contribution in [0.25, 0.3) is 0 Å². The number of esters is 1. The van der Waals surface area contributed by atoms with Crippen molar-refractivity contribution in [1.82, 2.24) is 0 Å². The summed E-state index contributed by atoms with van der Waals surface area (Å²) in [5.41, 5.74) is 9.17. The summed E-state index contributed by atoms with van der Waals surface area (Å²) in [6, 6.07) is 10.7. The fourth-order valence-electron chi connectivity index (χ4n) is 2.09. The molecule has 0 bridgehead atoms. The molecule has 0 spiro atoms. The van der Waals surface area contributed by atoms with Gasteiger partial charge < -0.3 is 20.5 Å². The van der Waals surface area contributed by atoms with Crippen LogP contribution in [0.4, 0.5) is 17.1 Å². The first-order chi connectivity index (χ1) is 10.1. The summed E-state index contributed by atoms with van der Waals surface area (Å²) in [6.07, 6.45) is 0. The van der Waals surface area contributed by atoms with Crippen LogP contribution in [0, 0.1) is 6.92 Å². The van der Waals surface area contributed by atoms with Crippen LogP contribution in [-0.2, 0) is 4.74 Å². The predicted molar refractivity (Wildman–Crippen MR) is 83.2 cm³/mol. The van der Waals surface area contributed by atoms with Gasteiger partial charge in [0.2, 0.25) is 0 Å². The van der Waals surface area contributed by atoms with Crippen molar-refractivity contribution in [2.45, 2.75) is 6.92 Å². The summed E-state index contributed by atoms with van der Waals surface area (Å²) in [5, 5.41) is 3.17. The van der Waals surface area contributed by atoms with Crippen LogP contribution in [-0.4, -0.2) is 20.2 Å². The Morgan fingerprint density at radius 3 is 2.57 bits per heavy atom. The first-order valence-corrected chi connectivity index (χ1v) is 6.45. The number of carbonyl (C=O) groups excluding carboxylic acids is 1. The normalized spacial score (nSPS) is 10.0. The molecule has 0 heterocycles. The number of ether oxygens (including phenoxy) is 2. The van der Waals surface area contributed by atoms with Crippen molar-refractivity contribution < 1.29 is 14.3 Å². The van der Waals surface area contributed by atoms with E-state index in [1.54, 1.807) is 25.3 Å². The molecular weight excluding hydrogens is 268 g/mol. The number of nitrogens with one attached hydrogen (secondary N) is 1. The molecule has 0 atom stereocenters. The van der Waals surface area contributed by atoms with Gasteiger partial charge in [0.25, 0.3) is 0 Å². The molecule has 0 aliphatic heterocycles. The molecular formula is C16H18N2O3. The molecule has 21 heavy (non-hydrogen) atoms. The van der Waals surface area contributed by atoms with E-state index in [1.807, 2.05) is 25.1 Å². The topological polar surface area (TPSA) is 73.6 Å². The molecule has 0 radical (unpaired) electrons. The number of anilines is 3. The molecule has 0 saturated heterocycles. The lowest BCUT2D eigenvalue weighted by Crippen LogP contribution is -2.08. The van der Waals surface area contributed by atoms with Gasteiger partial charge in [0.15, 0.2) is 0 Å². The fraction of sp³-hybridized carbons (Fsp3) is 0.188. The molecule has 0 aromatic heterocycles. The predicted octanol–water partition coefficient (Wildman–Crippen LogP) is 3.12. The van der Waals surface area contributed by atoms with Crippen molar-refractivity contribution in [2.24, 2.45) is 0 Å². The van der Waals surface area contributed by atoms with Crippen LogP contribution in [0.5, 0.6) is 5.75 Å². The molecule has 5 nitrogen and oxygen atoms in total. The third-order valence-electron chi connectivity index (χ3n) is 3.17. The highest BCUT2D eigenvalue weighted by Gasteiger charge is 2.14. The zero-order valence-electron chi connectivity index (χ0n) is 12.3. The molecule has 0 unspecified atom stereocenters. The monoisotopic (exact) mass is 286 g/mol. The highest BCUT2D eigenvalue weighted by atomic mass is 16.5. The summed E-state index contributed by atoms with van der Waals surface area (Å²) in [6.45, 7) is 1.94. The van der Waals surface area contributed by atoms with E-state index < -0.39 is 5.97 Å². The lowest BCUT2D eigenvalue weighted by atomic mass is 10.1. The van der Waals surface area contributed by atoms with E-state index in [4.69, 9.17) is 15.2 Å². The molecule has 0 aliphatic rings. The minimum absolute atomic E-state index is 0.394. The minimum Gasteiger partial charge on any atom is -0.496 e. The molecule has 0 amide bonds. The molecule has 3 N–H and O–H groups in total. The van der Waals surface area contributed by atoms with Gasteiger partial charge in [-0.15, -0.1) is 0 Å². The Labute approximate surface area is 123 Å². The standard InChI is InChI=1S/C16H18N2O3/c1-10-9-11(7-8-14(10)20-2)18-15-12(16(19)21-3)5-4-6-13(15)17/h4-9,18H,17H2,1-3H3. The van der Waals surface area contributed by atoms with Gasteiger partial charge in [-0.3, -0.25) is 0 Å². The summed E-state index contributed by atoms with van der Waals surface area (Å²) < 4.78 is 10.0. The quantitative estimate of drug-likeness (QED) is 0.667. The second-order valence-electron chi connectivity index (χ2n) is 4.57. The van der Waals surface area contributed by atoms with Crippen LogP contribution in [0.2, 0.25) is 0 Å². The number of para-hydroxylation sites is 1. The molecule has 2 aromatic rings. The smallest absolute Gasteiger partial charge is 0.340 e. The van der Waals surface area contributed by atoms with Crippen LogP contribution < -0.4 is 15.8 Å². The number of carbonyl (C=O) groups is 1. The average molecular weight is 286 g/mol. The van der Waals surface area contributed by atoms with E-state index in [-0.39, 0.29) is 0 Å². The summed E-state index contributed by atoms with van der Waals surface area (Å²) >= 11 is 0. The van der Waals surface area contributed by atoms with Crippen LogP contribution in [0.15, 0.2) is 36.4 Å². The van der Waals surface area contributed by atoms with Crippen molar-refractivity contribution >= 4 is 23.0 Å².